The van der Waals surface area contributed by atoms with Crippen LogP contribution in [0, 0.1) is 0 Å². The van der Waals surface area contributed by atoms with E-state index < -0.39 is 21.1 Å². The van der Waals surface area contributed by atoms with Gasteiger partial charge in [-0.15, -0.1) is 0 Å². The van der Waals surface area contributed by atoms with E-state index in [1.165, 1.54) is 40.0 Å². The first-order valence-corrected chi connectivity index (χ1v) is 16.6. The SMILES string of the molecule is CCc1cccc([O][Zr]([O]c2cccc(CC)c2)([C]2=CCC(C)=C2C)[C]2=CCC(C)=C2C)c1. The molecule has 0 atom stereocenters. The van der Waals surface area contributed by atoms with Gasteiger partial charge in [-0.1, -0.05) is 0 Å². The third kappa shape index (κ3) is 4.76. The fraction of sp³-hybridized carbons (Fsp3) is 0.333. The molecule has 2 aliphatic carbocycles. The molecule has 0 heterocycles. The average Bonchev–Trinajstić information content (AvgIpc) is 3.35. The zero-order chi connectivity index (χ0) is 23.6. The molecule has 0 aromatic heterocycles. The van der Waals surface area contributed by atoms with Crippen molar-refractivity contribution < 1.29 is 26.8 Å². The van der Waals surface area contributed by atoms with Gasteiger partial charge in [-0.25, -0.2) is 0 Å². The number of aryl methyl sites for hydroxylation is 2. The summed E-state index contributed by atoms with van der Waals surface area (Å²) in [6.07, 6.45) is 8.70. The van der Waals surface area contributed by atoms with Gasteiger partial charge in [0, 0.05) is 0 Å². The zero-order valence-corrected chi connectivity index (χ0v) is 23.4. The molecular weight excluding hydrogens is 484 g/mol. The van der Waals surface area contributed by atoms with Crippen LogP contribution in [0.1, 0.15) is 65.5 Å². The van der Waals surface area contributed by atoms with Crippen LogP contribution in [0.3, 0.4) is 0 Å². The van der Waals surface area contributed by atoms with Crippen molar-refractivity contribution in [3.8, 4) is 11.5 Å². The summed E-state index contributed by atoms with van der Waals surface area (Å²) in [7, 11) is 0. The van der Waals surface area contributed by atoms with Crippen LogP contribution < -0.4 is 5.63 Å². The summed E-state index contributed by atoms with van der Waals surface area (Å²) >= 11 is -4.13. The Bertz CT molecular complexity index is 1090. The molecule has 2 nitrogen and oxygen atoms in total. The van der Waals surface area contributed by atoms with Gasteiger partial charge >= 0.3 is 206 Å². The van der Waals surface area contributed by atoms with Gasteiger partial charge < -0.3 is 0 Å². The molecule has 33 heavy (non-hydrogen) atoms. The molecule has 0 unspecified atom stereocenters. The Morgan fingerprint density at radius 2 is 1.09 bits per heavy atom. The average molecular weight is 520 g/mol. The Balaban J connectivity index is 1.92. The second kappa shape index (κ2) is 10.0. The molecule has 2 aliphatic rings. The maximum atomic E-state index is 7.21. The summed E-state index contributed by atoms with van der Waals surface area (Å²) < 4.78 is 17.1. The van der Waals surface area contributed by atoms with E-state index in [2.05, 4.69) is 102 Å². The molecule has 0 fully saturated rings. The number of hydrogen-bond acceptors (Lipinski definition) is 2. The normalized spacial score (nSPS) is 16.3. The van der Waals surface area contributed by atoms with Gasteiger partial charge in [0.2, 0.25) is 0 Å². The molecule has 0 bridgehead atoms. The minimum atomic E-state index is -4.13. The van der Waals surface area contributed by atoms with Crippen LogP contribution in [0.2, 0.25) is 0 Å². The third-order valence-corrected chi connectivity index (χ3v) is 16.1. The van der Waals surface area contributed by atoms with E-state index >= 15 is 0 Å². The van der Waals surface area contributed by atoms with E-state index in [1.54, 1.807) is 0 Å². The van der Waals surface area contributed by atoms with Crippen LogP contribution in [-0.2, 0) is 34.0 Å². The molecule has 3 heteroatoms. The summed E-state index contributed by atoms with van der Waals surface area (Å²) in [5, 5.41) is 0. The fourth-order valence-corrected chi connectivity index (χ4v) is 14.2. The molecule has 0 saturated carbocycles. The topological polar surface area (TPSA) is 18.5 Å². The molecule has 0 aliphatic heterocycles. The van der Waals surface area contributed by atoms with E-state index in [9.17, 15) is 0 Å². The van der Waals surface area contributed by atoms with Gasteiger partial charge in [0.15, 0.2) is 0 Å². The molecule has 2 aromatic rings. The molecule has 2 aromatic carbocycles. The predicted molar refractivity (Wildman–Crippen MR) is 135 cm³/mol. The summed E-state index contributed by atoms with van der Waals surface area (Å²) in [4.78, 5) is 0. The van der Waals surface area contributed by atoms with Crippen molar-refractivity contribution >= 4 is 0 Å². The molecule has 0 N–H and O–H groups in total. The molecule has 4 rings (SSSR count). The number of rotatable bonds is 8. The maximum absolute atomic E-state index is 7.21. The zero-order valence-electron chi connectivity index (χ0n) is 20.9. The minimum absolute atomic E-state index is 0.924. The first-order valence-electron chi connectivity index (χ1n) is 12.2. The van der Waals surface area contributed by atoms with E-state index in [4.69, 9.17) is 5.63 Å². The first-order chi connectivity index (χ1) is 15.9. The summed E-state index contributed by atoms with van der Waals surface area (Å²) in [5.74, 6) is 1.85. The molecule has 0 amide bonds. The van der Waals surface area contributed by atoms with Crippen LogP contribution >= 0.6 is 0 Å². The van der Waals surface area contributed by atoms with Crippen LogP contribution in [-0.4, -0.2) is 0 Å². The summed E-state index contributed by atoms with van der Waals surface area (Å²) in [6, 6.07) is 17.1. The van der Waals surface area contributed by atoms with Gasteiger partial charge in [-0.05, 0) is 0 Å². The molecule has 0 saturated heterocycles. The van der Waals surface area contributed by atoms with E-state index in [0.29, 0.717) is 0 Å². The standard InChI is InChI=1S/2C8H10O.2C7H9.Zr/c2*1-2-7-4-3-5-8(9)6-7;2*1-6-4-3-5-7(6)2;/h2*3-6,9H,2H2,1H3;2*3H,4H2,1-2H3;/q;;;;+2/p-2. The summed E-state index contributed by atoms with van der Waals surface area (Å²) in [6.45, 7) is 13.4. The Kier molecular flexibility index (Phi) is 7.29. The number of benzene rings is 2. The van der Waals surface area contributed by atoms with Crippen LogP contribution in [0.4, 0.5) is 0 Å². The quantitative estimate of drug-likeness (QED) is 0.348. The van der Waals surface area contributed by atoms with Gasteiger partial charge in [-0.3, -0.25) is 0 Å². The van der Waals surface area contributed by atoms with Crippen molar-refractivity contribution in [2.24, 2.45) is 0 Å². The molecular formula is C30H36O2Zr. The van der Waals surface area contributed by atoms with Gasteiger partial charge in [0.25, 0.3) is 0 Å². The van der Waals surface area contributed by atoms with Crippen molar-refractivity contribution in [1.29, 1.82) is 0 Å². The number of allylic oxidation sites excluding steroid dienone is 8. The Labute approximate surface area is 205 Å². The van der Waals surface area contributed by atoms with Crippen molar-refractivity contribution in [3.63, 3.8) is 0 Å². The van der Waals surface area contributed by atoms with E-state index in [0.717, 1.165) is 37.2 Å². The Morgan fingerprint density at radius 1 is 0.667 bits per heavy atom. The molecule has 0 radical (unpaired) electrons. The number of hydrogen-bond donors (Lipinski definition) is 0. The van der Waals surface area contributed by atoms with Crippen molar-refractivity contribution in [1.82, 2.24) is 0 Å². The molecule has 0 spiro atoms. The monoisotopic (exact) mass is 518 g/mol. The van der Waals surface area contributed by atoms with Crippen molar-refractivity contribution in [2.45, 2.75) is 67.2 Å². The van der Waals surface area contributed by atoms with Gasteiger partial charge in [-0.2, -0.15) is 0 Å². The van der Waals surface area contributed by atoms with Gasteiger partial charge in [0.05, 0.1) is 0 Å². The van der Waals surface area contributed by atoms with Crippen LogP contribution in [0.25, 0.3) is 0 Å². The summed E-state index contributed by atoms with van der Waals surface area (Å²) in [5.41, 5.74) is 8.10. The van der Waals surface area contributed by atoms with Crippen LogP contribution in [0.5, 0.6) is 11.5 Å². The molecule has 172 valence electrons. The van der Waals surface area contributed by atoms with Crippen molar-refractivity contribution in [2.75, 3.05) is 0 Å². The fourth-order valence-electron chi connectivity index (χ4n) is 4.72. The van der Waals surface area contributed by atoms with Gasteiger partial charge in [0.1, 0.15) is 0 Å². The Morgan fingerprint density at radius 3 is 1.42 bits per heavy atom. The van der Waals surface area contributed by atoms with E-state index in [1.807, 2.05) is 0 Å². The van der Waals surface area contributed by atoms with E-state index in [-0.39, 0.29) is 0 Å². The second-order valence-corrected chi connectivity index (χ2v) is 16.0. The second-order valence-electron chi connectivity index (χ2n) is 9.28. The third-order valence-electron chi connectivity index (χ3n) is 7.16. The Hall–Kier alpha value is -2.12. The first kappa shape index (κ1) is 24.0. The van der Waals surface area contributed by atoms with Crippen LogP contribution in [0.15, 0.2) is 89.5 Å². The predicted octanol–water partition coefficient (Wildman–Crippen LogP) is 8.50. The van der Waals surface area contributed by atoms with Crippen molar-refractivity contribution in [3.05, 3.63) is 101 Å².